The number of allylic oxidation sites excluding steroid dienone is 1. The van der Waals surface area contributed by atoms with Crippen LogP contribution in [0.25, 0.3) is 0 Å². The molecule has 0 aliphatic carbocycles. The molecule has 1 aromatic carbocycles. The van der Waals surface area contributed by atoms with E-state index in [1.165, 1.54) is 12.1 Å². The molecule has 0 fully saturated rings. The van der Waals surface area contributed by atoms with Crippen molar-refractivity contribution in [2.24, 2.45) is 0 Å². The Balaban J connectivity index is 0.00000240. The van der Waals surface area contributed by atoms with Gasteiger partial charge in [0.15, 0.2) is 0 Å². The minimum absolute atomic E-state index is 0. The fraction of sp³-hybridized carbons (Fsp3) is 0.190. The maximum Gasteiger partial charge on any atom is 0.249 e. The molecule has 2 amide bonds. The van der Waals surface area contributed by atoms with Gasteiger partial charge in [-0.05, 0) is 37.6 Å². The molecule has 3 rings (SSSR count). The Kier molecular flexibility index (Phi) is 5.47. The predicted octanol–water partition coefficient (Wildman–Crippen LogP) is 2.63. The quantitative estimate of drug-likeness (QED) is 0.726. The average Bonchev–Trinajstić information content (AvgIpc) is 2.70. The molecule has 149 valence electrons. The van der Waals surface area contributed by atoms with E-state index in [1.54, 1.807) is 26.1 Å². The van der Waals surface area contributed by atoms with E-state index < -0.39 is 23.7 Å². The number of amides is 2. The molecule has 2 heterocycles. The minimum Gasteiger partial charge on any atom is -0.353 e. The molecule has 1 aromatic rings. The predicted molar refractivity (Wildman–Crippen MR) is 106 cm³/mol. The number of dihydropyridines is 1. The number of halogens is 1. The molecule has 0 unspecified atom stereocenters. The van der Waals surface area contributed by atoms with Gasteiger partial charge in [0.1, 0.15) is 23.6 Å². The smallest absolute Gasteiger partial charge is 0.249 e. The van der Waals surface area contributed by atoms with Crippen molar-refractivity contribution in [3.05, 3.63) is 75.9 Å². The van der Waals surface area contributed by atoms with E-state index in [2.05, 4.69) is 16.0 Å². The van der Waals surface area contributed by atoms with Crippen molar-refractivity contribution in [1.82, 2.24) is 16.0 Å². The van der Waals surface area contributed by atoms with Gasteiger partial charge < -0.3 is 16.0 Å². The van der Waals surface area contributed by atoms with E-state index in [9.17, 15) is 19.2 Å². The lowest BCUT2D eigenvalue weighted by Gasteiger charge is -2.29. The molecule has 0 bridgehead atoms. The molecule has 3 N–H and O–H groups in total. The Labute approximate surface area is 170 Å². The van der Waals surface area contributed by atoms with Crippen molar-refractivity contribution in [1.29, 1.82) is 10.5 Å². The molecule has 29 heavy (non-hydrogen) atoms. The fourth-order valence-corrected chi connectivity index (χ4v) is 3.29. The first-order valence-corrected chi connectivity index (χ1v) is 8.80. The normalized spacial score (nSPS) is 16.9. The van der Waals surface area contributed by atoms with Crippen molar-refractivity contribution in [3.8, 4) is 12.1 Å². The first-order valence-electron chi connectivity index (χ1n) is 8.80. The van der Waals surface area contributed by atoms with Gasteiger partial charge in [-0.1, -0.05) is 6.07 Å². The van der Waals surface area contributed by atoms with Crippen LogP contribution in [-0.4, -0.2) is 11.8 Å². The van der Waals surface area contributed by atoms with Crippen LogP contribution >= 0.6 is 0 Å². The minimum atomic E-state index is -0.655. The maximum atomic E-state index is 14.2. The number of benzene rings is 1. The zero-order valence-electron chi connectivity index (χ0n) is 15.8. The molecule has 0 saturated carbocycles. The first-order chi connectivity index (χ1) is 13.8. The van der Waals surface area contributed by atoms with E-state index in [4.69, 9.17) is 5.26 Å². The van der Waals surface area contributed by atoms with Crippen LogP contribution in [0, 0.1) is 34.5 Å². The van der Waals surface area contributed by atoms with Crippen LogP contribution in [0.2, 0.25) is 0 Å². The monoisotopic (exact) mass is 394 g/mol. The van der Waals surface area contributed by atoms with Crippen LogP contribution < -0.4 is 16.0 Å². The van der Waals surface area contributed by atoms with Gasteiger partial charge in [-0.25, -0.2) is 4.39 Å². The SMILES string of the molecule is CC1=C(CC(=O)N[C@@H](C)c2ccc(C#N)cc2F)C(=O)N[C]2C=CNC(C#N)=C21.[HH].[HH]. The second-order valence-corrected chi connectivity index (χ2v) is 6.62. The van der Waals surface area contributed by atoms with Crippen molar-refractivity contribution in [3.63, 3.8) is 0 Å². The summed E-state index contributed by atoms with van der Waals surface area (Å²) in [4.78, 5) is 25.0. The zero-order valence-corrected chi connectivity index (χ0v) is 15.8. The number of carbonyl (C=O) groups is 2. The van der Waals surface area contributed by atoms with Gasteiger partial charge in [0.25, 0.3) is 0 Å². The highest BCUT2D eigenvalue weighted by atomic mass is 19.1. The lowest BCUT2D eigenvalue weighted by molar-refractivity contribution is -0.123. The number of fused-ring (bicyclic) bond motifs is 1. The summed E-state index contributed by atoms with van der Waals surface area (Å²) in [5.41, 5.74) is 2.02. The Morgan fingerprint density at radius 2 is 2.10 bits per heavy atom. The molecular weight excluding hydrogens is 373 g/mol. The summed E-state index contributed by atoms with van der Waals surface area (Å²) < 4.78 is 14.2. The van der Waals surface area contributed by atoms with E-state index >= 15 is 0 Å². The molecule has 2 aliphatic rings. The highest BCUT2D eigenvalue weighted by Gasteiger charge is 2.33. The number of rotatable bonds is 4. The van der Waals surface area contributed by atoms with Crippen LogP contribution in [0.15, 0.2) is 52.9 Å². The zero-order chi connectivity index (χ0) is 21.1. The third-order valence-electron chi connectivity index (χ3n) is 4.77. The van der Waals surface area contributed by atoms with Crippen LogP contribution in [-0.2, 0) is 9.59 Å². The van der Waals surface area contributed by atoms with Gasteiger partial charge >= 0.3 is 0 Å². The lowest BCUT2D eigenvalue weighted by Crippen LogP contribution is -2.40. The summed E-state index contributed by atoms with van der Waals surface area (Å²) >= 11 is 0. The summed E-state index contributed by atoms with van der Waals surface area (Å²) in [6.45, 7) is 3.29. The summed E-state index contributed by atoms with van der Waals surface area (Å²) in [5.74, 6) is -1.48. The van der Waals surface area contributed by atoms with Crippen LogP contribution in [0.1, 0.15) is 40.3 Å². The highest BCUT2D eigenvalue weighted by Crippen LogP contribution is 2.33. The van der Waals surface area contributed by atoms with E-state index in [-0.39, 0.29) is 31.7 Å². The largest absolute Gasteiger partial charge is 0.353 e. The molecule has 1 radical (unpaired) electrons. The Morgan fingerprint density at radius 3 is 2.76 bits per heavy atom. The second kappa shape index (κ2) is 7.99. The number of nitriles is 2. The van der Waals surface area contributed by atoms with Crippen molar-refractivity contribution in [2.75, 3.05) is 0 Å². The Hall–Kier alpha value is -3.91. The summed E-state index contributed by atoms with van der Waals surface area (Å²) in [6.07, 6.45) is 2.97. The number of carbonyl (C=O) groups excluding carboxylic acids is 2. The van der Waals surface area contributed by atoms with Gasteiger partial charge in [-0.2, -0.15) is 10.5 Å². The molecule has 8 heteroatoms. The molecule has 2 aliphatic heterocycles. The molecule has 0 saturated heterocycles. The maximum absolute atomic E-state index is 14.2. The lowest BCUT2D eigenvalue weighted by atomic mass is 9.86. The molecule has 1 atom stereocenters. The van der Waals surface area contributed by atoms with Gasteiger partial charge in [-0.3, -0.25) is 9.59 Å². The fourth-order valence-electron chi connectivity index (χ4n) is 3.29. The number of nitrogens with zero attached hydrogens (tertiary/aromatic N) is 2. The third-order valence-corrected chi connectivity index (χ3v) is 4.77. The van der Waals surface area contributed by atoms with Gasteiger partial charge in [0, 0.05) is 25.8 Å². The van der Waals surface area contributed by atoms with Crippen LogP contribution in [0.4, 0.5) is 4.39 Å². The third kappa shape index (κ3) is 3.87. The Bertz CT molecular complexity index is 1080. The number of hydrogen-bond donors (Lipinski definition) is 3. The van der Waals surface area contributed by atoms with E-state index in [0.717, 1.165) is 6.07 Å². The second-order valence-electron chi connectivity index (χ2n) is 6.62. The van der Waals surface area contributed by atoms with Crippen molar-refractivity contribution < 1.29 is 16.8 Å². The average molecular weight is 394 g/mol. The van der Waals surface area contributed by atoms with Gasteiger partial charge in [0.2, 0.25) is 11.8 Å². The van der Waals surface area contributed by atoms with Gasteiger partial charge in [0.05, 0.1) is 24.1 Å². The summed E-state index contributed by atoms with van der Waals surface area (Å²) in [6, 6.07) is 7.76. The van der Waals surface area contributed by atoms with Crippen LogP contribution in [0.5, 0.6) is 0 Å². The van der Waals surface area contributed by atoms with Crippen molar-refractivity contribution >= 4 is 11.8 Å². The highest BCUT2D eigenvalue weighted by molar-refractivity contribution is 6.03. The van der Waals surface area contributed by atoms with Gasteiger partial charge in [-0.15, -0.1) is 0 Å². The van der Waals surface area contributed by atoms with E-state index in [1.807, 2.05) is 12.1 Å². The topological polar surface area (TPSA) is 118 Å². The molecule has 7 nitrogen and oxygen atoms in total. The number of hydrogen-bond acceptors (Lipinski definition) is 5. The summed E-state index contributed by atoms with van der Waals surface area (Å²) in [7, 11) is 0. The standard InChI is InChI=1S/C21H17FN5O2.2H2/c1-11-15(21(29)27-17-5-6-25-18(10-24)20(11)17)8-19(28)26-12(2)14-4-3-13(9-23)7-16(14)22;;/h3-7,12,25H,8H2,1-2H3,(H,26,28)(H,27,29);2*1H/t12-;;/m0../s1. The summed E-state index contributed by atoms with van der Waals surface area (Å²) in [5, 5.41) is 26.3. The van der Waals surface area contributed by atoms with Crippen LogP contribution in [0.3, 0.4) is 0 Å². The van der Waals surface area contributed by atoms with E-state index in [0.29, 0.717) is 17.2 Å². The number of nitrogens with one attached hydrogen (secondary N) is 3. The molecule has 0 spiro atoms. The van der Waals surface area contributed by atoms with Crippen molar-refractivity contribution in [2.45, 2.75) is 26.3 Å². The first kappa shape index (κ1) is 19.8. The molecule has 0 aromatic heterocycles. The molecular formula is C21H21FN5O2. The Morgan fingerprint density at radius 1 is 1.34 bits per heavy atom.